The molecule has 36 heavy (non-hydrogen) atoms. The molecule has 2 aromatic heterocycles. The van der Waals surface area contributed by atoms with Crippen molar-refractivity contribution < 1.29 is 8.42 Å². The number of nitrogens with zero attached hydrogens (tertiary/aromatic N) is 8. The lowest BCUT2D eigenvalue weighted by atomic mass is 10.1. The molecule has 1 aromatic carbocycles. The van der Waals surface area contributed by atoms with Gasteiger partial charge in [-0.05, 0) is 38.1 Å². The average molecular weight is 510 g/mol. The number of aromatic nitrogens is 5. The van der Waals surface area contributed by atoms with Crippen LogP contribution in [0.1, 0.15) is 25.6 Å². The highest BCUT2D eigenvalue weighted by Crippen LogP contribution is 2.25. The predicted octanol–water partition coefficient (Wildman–Crippen LogP) is 2.17. The van der Waals surface area contributed by atoms with Crippen LogP contribution in [0.15, 0.2) is 41.4 Å². The highest BCUT2D eigenvalue weighted by atomic mass is 32.2. The van der Waals surface area contributed by atoms with E-state index in [0.717, 1.165) is 44.6 Å². The highest BCUT2D eigenvalue weighted by molar-refractivity contribution is 7.89. The fourth-order valence-corrected chi connectivity index (χ4v) is 5.84. The van der Waals surface area contributed by atoms with Gasteiger partial charge >= 0.3 is 0 Å². The zero-order chi connectivity index (χ0) is 25.1. The van der Waals surface area contributed by atoms with Gasteiger partial charge in [-0.25, -0.2) is 18.4 Å². The summed E-state index contributed by atoms with van der Waals surface area (Å²) in [6.45, 7) is 6.81. The van der Waals surface area contributed by atoms with Crippen molar-refractivity contribution in [2.45, 2.75) is 31.1 Å². The number of sulfonamides is 1. The summed E-state index contributed by atoms with van der Waals surface area (Å²) in [7, 11) is -1.34. The Labute approximate surface area is 211 Å². The van der Waals surface area contributed by atoms with Crippen molar-refractivity contribution >= 4 is 27.9 Å². The first-order chi connectivity index (χ1) is 17.4. The van der Waals surface area contributed by atoms with Crippen molar-refractivity contribution in [3.63, 3.8) is 0 Å². The van der Waals surface area contributed by atoms with Crippen molar-refractivity contribution in [2.75, 3.05) is 56.5 Å². The van der Waals surface area contributed by atoms with Gasteiger partial charge in [-0.2, -0.15) is 19.3 Å². The van der Waals surface area contributed by atoms with Crippen LogP contribution >= 0.6 is 0 Å². The molecule has 0 bridgehead atoms. The molecular weight excluding hydrogens is 478 g/mol. The number of nitrogens with one attached hydrogen (secondary N) is 1. The summed E-state index contributed by atoms with van der Waals surface area (Å²) in [4.78, 5) is 27.5. The Kier molecular flexibility index (Phi) is 7.08. The quantitative estimate of drug-likeness (QED) is 0.507. The molecule has 2 aliphatic heterocycles. The lowest BCUT2D eigenvalue weighted by molar-refractivity contribution is 0.311. The van der Waals surface area contributed by atoms with E-state index in [4.69, 9.17) is 0 Å². The minimum atomic E-state index is -3.45. The van der Waals surface area contributed by atoms with Crippen molar-refractivity contribution in [3.05, 3.63) is 42.4 Å². The fraction of sp³-hybridized carbons (Fsp3) is 0.458. The molecule has 0 radical (unpaired) electrons. The van der Waals surface area contributed by atoms with Gasteiger partial charge in [-0.15, -0.1) is 0 Å². The first-order valence-corrected chi connectivity index (χ1v) is 13.8. The molecular formula is C24H31N9O2S. The van der Waals surface area contributed by atoms with Crippen molar-refractivity contribution in [1.82, 2.24) is 34.1 Å². The molecule has 2 fully saturated rings. The molecule has 2 aliphatic rings. The van der Waals surface area contributed by atoms with Crippen molar-refractivity contribution in [1.29, 1.82) is 0 Å². The first kappa shape index (κ1) is 24.5. The molecule has 4 heterocycles. The van der Waals surface area contributed by atoms with Gasteiger partial charge in [-0.1, -0.05) is 19.1 Å². The van der Waals surface area contributed by atoms with E-state index in [1.54, 1.807) is 40.8 Å². The Hall–Kier alpha value is -3.22. The Balaban J connectivity index is 1.35. The molecule has 12 heteroatoms. The van der Waals surface area contributed by atoms with Gasteiger partial charge < -0.3 is 9.80 Å². The van der Waals surface area contributed by atoms with Crippen LogP contribution in [0.4, 0.5) is 17.8 Å². The van der Waals surface area contributed by atoms with E-state index in [-0.39, 0.29) is 0 Å². The van der Waals surface area contributed by atoms with Gasteiger partial charge in [0.15, 0.2) is 0 Å². The van der Waals surface area contributed by atoms with Gasteiger partial charge in [0.2, 0.25) is 27.9 Å². The van der Waals surface area contributed by atoms with E-state index in [2.05, 4.69) is 47.1 Å². The SMILES string of the molecule is CCc1nc(Nc2nccc(-c3ccc(S(=O)(=O)N4CCCC4)cc3)n2)nc(N2CCN(C)CC2)n1. The normalized spacial score (nSPS) is 17.4. The molecule has 0 aliphatic carbocycles. The molecule has 3 aromatic rings. The predicted molar refractivity (Wildman–Crippen MR) is 138 cm³/mol. The summed E-state index contributed by atoms with van der Waals surface area (Å²) in [6.07, 6.45) is 4.16. The number of likely N-dealkylation sites (N-methyl/N-ethyl adjacent to an activating group) is 1. The molecule has 2 saturated heterocycles. The minimum absolute atomic E-state index is 0.300. The number of rotatable bonds is 7. The summed E-state index contributed by atoms with van der Waals surface area (Å²) >= 11 is 0. The van der Waals surface area contributed by atoms with E-state index < -0.39 is 10.0 Å². The standard InChI is InChI=1S/C24H31N9O2S/c1-3-21-27-23(30-24(28-21)32-16-14-31(2)15-17-32)29-22-25-11-10-20(26-22)18-6-8-19(9-7-18)36(34,35)33-12-4-5-13-33/h6-11H,3-5,12-17H2,1-2H3,(H,25,26,27,28,29,30). The largest absolute Gasteiger partial charge is 0.338 e. The van der Waals surface area contributed by atoms with Crippen LogP contribution < -0.4 is 10.2 Å². The van der Waals surface area contributed by atoms with Crippen LogP contribution in [-0.2, 0) is 16.4 Å². The van der Waals surface area contributed by atoms with E-state index in [0.29, 0.717) is 53.8 Å². The summed E-state index contributed by atoms with van der Waals surface area (Å²) < 4.78 is 27.2. The summed E-state index contributed by atoms with van der Waals surface area (Å²) in [6, 6.07) is 8.62. The third-order valence-electron chi connectivity index (χ3n) is 6.50. The first-order valence-electron chi connectivity index (χ1n) is 12.3. The summed E-state index contributed by atoms with van der Waals surface area (Å²) in [5.41, 5.74) is 1.46. The van der Waals surface area contributed by atoms with Gasteiger partial charge in [0.1, 0.15) is 5.82 Å². The molecule has 0 amide bonds. The van der Waals surface area contributed by atoms with Gasteiger partial charge in [0.25, 0.3) is 0 Å². The van der Waals surface area contributed by atoms with E-state index >= 15 is 0 Å². The van der Waals surface area contributed by atoms with Crippen LogP contribution in [0.5, 0.6) is 0 Å². The molecule has 0 saturated carbocycles. The Morgan fingerprint density at radius 3 is 2.28 bits per heavy atom. The lowest BCUT2D eigenvalue weighted by Crippen LogP contribution is -2.45. The molecule has 1 N–H and O–H groups in total. The highest BCUT2D eigenvalue weighted by Gasteiger charge is 2.27. The van der Waals surface area contributed by atoms with Crippen LogP contribution in [0.2, 0.25) is 0 Å². The van der Waals surface area contributed by atoms with E-state index in [1.165, 1.54) is 0 Å². The van der Waals surface area contributed by atoms with Gasteiger partial charge in [0, 0.05) is 57.4 Å². The van der Waals surface area contributed by atoms with Crippen molar-refractivity contribution in [2.24, 2.45) is 0 Å². The van der Waals surface area contributed by atoms with Crippen LogP contribution in [0, 0.1) is 0 Å². The lowest BCUT2D eigenvalue weighted by Gasteiger charge is -2.32. The second-order valence-electron chi connectivity index (χ2n) is 9.05. The van der Waals surface area contributed by atoms with Crippen LogP contribution in [0.25, 0.3) is 11.3 Å². The Bertz CT molecular complexity index is 1300. The van der Waals surface area contributed by atoms with Crippen molar-refractivity contribution in [3.8, 4) is 11.3 Å². The number of aryl methyl sites for hydroxylation is 1. The monoisotopic (exact) mass is 509 g/mol. The van der Waals surface area contributed by atoms with Gasteiger partial charge in [0.05, 0.1) is 10.6 Å². The Morgan fingerprint density at radius 2 is 1.58 bits per heavy atom. The molecule has 0 spiro atoms. The number of hydrogen-bond donors (Lipinski definition) is 1. The number of piperazine rings is 1. The number of hydrogen-bond acceptors (Lipinski definition) is 10. The van der Waals surface area contributed by atoms with E-state index in [1.807, 2.05) is 6.92 Å². The maximum Gasteiger partial charge on any atom is 0.243 e. The van der Waals surface area contributed by atoms with Crippen LogP contribution in [-0.4, -0.2) is 88.9 Å². The summed E-state index contributed by atoms with van der Waals surface area (Å²) in [5, 5.41) is 3.13. The zero-order valence-electron chi connectivity index (χ0n) is 20.6. The fourth-order valence-electron chi connectivity index (χ4n) is 4.32. The minimum Gasteiger partial charge on any atom is -0.338 e. The maximum atomic E-state index is 12.8. The maximum absolute atomic E-state index is 12.8. The number of benzene rings is 1. The van der Waals surface area contributed by atoms with Gasteiger partial charge in [-0.3, -0.25) is 5.32 Å². The average Bonchev–Trinajstić information content (AvgIpc) is 3.45. The third-order valence-corrected chi connectivity index (χ3v) is 8.42. The summed E-state index contributed by atoms with van der Waals surface area (Å²) in [5.74, 6) is 2.12. The van der Waals surface area contributed by atoms with E-state index in [9.17, 15) is 8.42 Å². The van der Waals surface area contributed by atoms with Crippen LogP contribution in [0.3, 0.4) is 0 Å². The molecule has 5 rings (SSSR count). The second kappa shape index (κ2) is 10.4. The third kappa shape index (κ3) is 5.30. The zero-order valence-corrected chi connectivity index (χ0v) is 21.4. The second-order valence-corrected chi connectivity index (χ2v) is 11.0. The Morgan fingerprint density at radius 1 is 0.861 bits per heavy atom. The smallest absolute Gasteiger partial charge is 0.243 e. The molecule has 11 nitrogen and oxygen atoms in total. The molecule has 0 atom stereocenters. The number of anilines is 3. The topological polar surface area (TPSA) is 120 Å². The molecule has 190 valence electrons. The molecule has 0 unspecified atom stereocenters.